The first-order valence-corrected chi connectivity index (χ1v) is 8.21. The van der Waals surface area contributed by atoms with E-state index < -0.39 is 29.2 Å². The normalized spacial score (nSPS) is 17.9. The van der Waals surface area contributed by atoms with Crippen LogP contribution in [0.5, 0.6) is 5.75 Å². The largest absolute Gasteiger partial charge is 0.497 e. The van der Waals surface area contributed by atoms with Crippen LogP contribution in [0.3, 0.4) is 0 Å². The molecule has 0 bridgehead atoms. The molecule has 2 aromatic rings. The highest BCUT2D eigenvalue weighted by Crippen LogP contribution is 2.49. The highest BCUT2D eigenvalue weighted by atomic mass is 16.5. The lowest BCUT2D eigenvalue weighted by atomic mass is 9.66. The lowest BCUT2D eigenvalue weighted by Crippen LogP contribution is -2.50. The topological polar surface area (TPSA) is 90.9 Å². The molecule has 140 valence electrons. The summed E-state index contributed by atoms with van der Waals surface area (Å²) in [6.07, 6.45) is 0. The van der Waals surface area contributed by atoms with Crippen molar-refractivity contribution in [2.75, 3.05) is 26.6 Å². The number of esters is 2. The van der Waals surface area contributed by atoms with Crippen LogP contribution in [0.25, 0.3) is 0 Å². The minimum atomic E-state index is -1.65. The summed E-state index contributed by atoms with van der Waals surface area (Å²) in [7, 11) is 3.82. The van der Waals surface area contributed by atoms with Crippen LogP contribution in [0.15, 0.2) is 48.5 Å². The Hall–Kier alpha value is -3.35. The maximum Gasteiger partial charge on any atom is 0.321 e. The first-order valence-electron chi connectivity index (χ1n) is 8.21. The molecule has 0 radical (unpaired) electrons. The third-order valence-electron chi connectivity index (χ3n) is 4.79. The first kappa shape index (κ1) is 18.4. The molecule has 1 amide bonds. The fourth-order valence-electron chi connectivity index (χ4n) is 3.56. The van der Waals surface area contributed by atoms with Crippen molar-refractivity contribution in [3.05, 3.63) is 59.7 Å². The number of nitrogens with one attached hydrogen (secondary N) is 1. The number of carbonyl (C=O) groups excluding carboxylic acids is 3. The van der Waals surface area contributed by atoms with Gasteiger partial charge in [0.2, 0.25) is 5.91 Å². The molecule has 0 saturated carbocycles. The van der Waals surface area contributed by atoms with E-state index >= 15 is 0 Å². The maximum absolute atomic E-state index is 13.3. The molecule has 7 heteroatoms. The maximum atomic E-state index is 13.3. The zero-order valence-corrected chi connectivity index (χ0v) is 15.1. The number of fused-ring (bicyclic) bond motifs is 1. The highest BCUT2D eigenvalue weighted by molar-refractivity contribution is 6.15. The van der Waals surface area contributed by atoms with Crippen molar-refractivity contribution in [2.45, 2.75) is 5.41 Å². The third-order valence-corrected chi connectivity index (χ3v) is 4.79. The van der Waals surface area contributed by atoms with Crippen molar-refractivity contribution >= 4 is 23.5 Å². The van der Waals surface area contributed by atoms with E-state index in [1.165, 1.54) is 7.11 Å². The zero-order chi connectivity index (χ0) is 19.6. The van der Waals surface area contributed by atoms with Crippen molar-refractivity contribution in [3.63, 3.8) is 0 Å². The highest BCUT2D eigenvalue weighted by Gasteiger charge is 2.60. The Kier molecular flexibility index (Phi) is 4.85. The summed E-state index contributed by atoms with van der Waals surface area (Å²) in [5, 5.41) is 2.77. The van der Waals surface area contributed by atoms with Crippen molar-refractivity contribution in [1.82, 2.24) is 0 Å². The van der Waals surface area contributed by atoms with E-state index in [1.807, 2.05) is 0 Å². The predicted molar refractivity (Wildman–Crippen MR) is 96.4 cm³/mol. The summed E-state index contributed by atoms with van der Waals surface area (Å²) in [6, 6.07) is 13.6. The molecule has 1 aliphatic rings. The monoisotopic (exact) mass is 369 g/mol. The van der Waals surface area contributed by atoms with Gasteiger partial charge in [0, 0.05) is 11.3 Å². The number of hydrogen-bond donors (Lipinski definition) is 1. The molecule has 1 aliphatic heterocycles. The van der Waals surface area contributed by atoms with E-state index in [1.54, 1.807) is 48.5 Å². The fraction of sp³-hybridized carbons (Fsp3) is 0.250. The number of ether oxygens (including phenoxy) is 3. The molecule has 0 spiro atoms. The summed E-state index contributed by atoms with van der Waals surface area (Å²) >= 11 is 0. The molecule has 1 N–H and O–H groups in total. The minimum absolute atomic E-state index is 0.443. The number of rotatable bonds is 5. The van der Waals surface area contributed by atoms with Crippen LogP contribution in [0.4, 0.5) is 5.69 Å². The SMILES string of the molecule is COC(=O)C(C(=O)OC)[C@@]1(c2ccccc2)C(=O)Nc2ccc(OC)cc21. The average molecular weight is 369 g/mol. The summed E-state index contributed by atoms with van der Waals surface area (Å²) in [6.45, 7) is 0. The third kappa shape index (κ3) is 2.71. The Labute approximate surface area is 156 Å². The van der Waals surface area contributed by atoms with Crippen LogP contribution in [-0.2, 0) is 29.3 Å². The van der Waals surface area contributed by atoms with Crippen LogP contribution >= 0.6 is 0 Å². The number of carbonyl (C=O) groups is 3. The van der Waals surface area contributed by atoms with Crippen LogP contribution in [-0.4, -0.2) is 39.2 Å². The zero-order valence-electron chi connectivity index (χ0n) is 15.1. The van der Waals surface area contributed by atoms with Gasteiger partial charge in [0.25, 0.3) is 0 Å². The second-order valence-electron chi connectivity index (χ2n) is 6.02. The van der Waals surface area contributed by atoms with Gasteiger partial charge in [-0.15, -0.1) is 0 Å². The molecule has 0 aliphatic carbocycles. The summed E-state index contributed by atoms with van der Waals surface area (Å²) < 4.78 is 15.0. The smallest absolute Gasteiger partial charge is 0.321 e. The van der Waals surface area contributed by atoms with Gasteiger partial charge in [-0.25, -0.2) is 0 Å². The van der Waals surface area contributed by atoms with Crippen LogP contribution in [0, 0.1) is 5.92 Å². The van der Waals surface area contributed by atoms with Crippen molar-refractivity contribution < 1.29 is 28.6 Å². The van der Waals surface area contributed by atoms with E-state index in [-0.39, 0.29) is 0 Å². The molecule has 7 nitrogen and oxygen atoms in total. The Morgan fingerprint density at radius 2 is 1.59 bits per heavy atom. The van der Waals surface area contributed by atoms with Gasteiger partial charge < -0.3 is 19.5 Å². The lowest BCUT2D eigenvalue weighted by molar-refractivity contribution is -0.163. The van der Waals surface area contributed by atoms with Crippen molar-refractivity contribution in [1.29, 1.82) is 0 Å². The quantitative estimate of drug-likeness (QED) is 0.639. The molecule has 0 saturated heterocycles. The van der Waals surface area contributed by atoms with Crippen LogP contribution < -0.4 is 10.1 Å². The standard InChI is InChI=1S/C20H19NO6/c1-25-13-9-10-15-14(11-13)20(19(24)21-15,12-7-5-4-6-8-12)16(17(22)26-2)18(23)27-3/h4-11,16H,1-3H3,(H,21,24)/t20-/m0/s1. The van der Waals surface area contributed by atoms with Gasteiger partial charge in [-0.2, -0.15) is 0 Å². The van der Waals surface area contributed by atoms with E-state index in [0.29, 0.717) is 22.6 Å². The summed E-state index contributed by atoms with van der Waals surface area (Å²) in [5.41, 5.74) is -0.248. The molecule has 0 aromatic heterocycles. The molecule has 27 heavy (non-hydrogen) atoms. The Morgan fingerprint density at radius 1 is 0.963 bits per heavy atom. The van der Waals surface area contributed by atoms with Crippen molar-refractivity contribution in [2.24, 2.45) is 5.92 Å². The molecular formula is C20H19NO6. The Bertz CT molecular complexity index is 879. The van der Waals surface area contributed by atoms with Gasteiger partial charge in [0.1, 0.15) is 11.2 Å². The van der Waals surface area contributed by atoms with Gasteiger partial charge in [-0.05, 0) is 23.8 Å². The van der Waals surface area contributed by atoms with Gasteiger partial charge >= 0.3 is 11.9 Å². The van der Waals surface area contributed by atoms with Crippen molar-refractivity contribution in [3.8, 4) is 5.75 Å². The van der Waals surface area contributed by atoms with Gasteiger partial charge in [-0.1, -0.05) is 30.3 Å². The number of anilines is 1. The number of methoxy groups -OCH3 is 3. The molecule has 0 unspecified atom stereocenters. The van der Waals surface area contributed by atoms with Gasteiger partial charge in [0.15, 0.2) is 5.92 Å². The van der Waals surface area contributed by atoms with Crippen LogP contribution in [0.1, 0.15) is 11.1 Å². The lowest BCUT2D eigenvalue weighted by Gasteiger charge is -2.33. The summed E-state index contributed by atoms with van der Waals surface area (Å²) in [4.78, 5) is 38.6. The van der Waals surface area contributed by atoms with Gasteiger partial charge in [0.05, 0.1) is 21.3 Å². The second-order valence-corrected chi connectivity index (χ2v) is 6.02. The first-order chi connectivity index (χ1) is 13.0. The fourth-order valence-corrected chi connectivity index (χ4v) is 3.56. The van der Waals surface area contributed by atoms with E-state index in [4.69, 9.17) is 14.2 Å². The van der Waals surface area contributed by atoms with Gasteiger partial charge in [-0.3, -0.25) is 14.4 Å². The minimum Gasteiger partial charge on any atom is -0.497 e. The predicted octanol–water partition coefficient (Wildman–Crippen LogP) is 1.90. The molecule has 0 fully saturated rings. The van der Waals surface area contributed by atoms with E-state index in [0.717, 1.165) is 14.2 Å². The molecule has 1 heterocycles. The number of hydrogen-bond acceptors (Lipinski definition) is 6. The van der Waals surface area contributed by atoms with E-state index in [9.17, 15) is 14.4 Å². The molecular weight excluding hydrogens is 350 g/mol. The van der Waals surface area contributed by atoms with E-state index in [2.05, 4.69) is 5.32 Å². The molecule has 2 aromatic carbocycles. The Morgan fingerprint density at radius 3 is 2.15 bits per heavy atom. The summed E-state index contributed by atoms with van der Waals surface area (Å²) in [5.74, 6) is -3.28. The Balaban J connectivity index is 2.39. The molecule has 1 atom stereocenters. The second kappa shape index (κ2) is 7.11. The molecule has 3 rings (SSSR count). The average Bonchev–Trinajstić information content (AvgIpc) is 3.00. The number of amides is 1. The number of benzene rings is 2. The van der Waals surface area contributed by atoms with Crippen LogP contribution in [0.2, 0.25) is 0 Å².